The summed E-state index contributed by atoms with van der Waals surface area (Å²) in [6.07, 6.45) is 4.93. The first-order valence-electron chi connectivity index (χ1n) is 8.29. The van der Waals surface area contributed by atoms with Gasteiger partial charge >= 0.3 is 0 Å². The van der Waals surface area contributed by atoms with Crippen molar-refractivity contribution in [3.63, 3.8) is 0 Å². The Morgan fingerprint density at radius 2 is 2.22 bits per heavy atom. The summed E-state index contributed by atoms with van der Waals surface area (Å²) in [6, 6.07) is 8.17. The summed E-state index contributed by atoms with van der Waals surface area (Å²) in [5.41, 5.74) is 2.37. The molecule has 2 aliphatic rings. The maximum atomic E-state index is 13.2. The highest BCUT2D eigenvalue weighted by molar-refractivity contribution is 7.13. The molecule has 0 radical (unpaired) electrons. The van der Waals surface area contributed by atoms with Gasteiger partial charge in [0, 0.05) is 36.8 Å². The summed E-state index contributed by atoms with van der Waals surface area (Å²) < 4.78 is 0. The molecule has 4 rings (SSSR count). The highest BCUT2D eigenvalue weighted by Crippen LogP contribution is 2.39. The number of aromatic nitrogens is 1. The second-order valence-electron chi connectivity index (χ2n) is 6.56. The van der Waals surface area contributed by atoms with E-state index in [2.05, 4.69) is 39.9 Å². The predicted octanol–water partition coefficient (Wildman–Crippen LogP) is 3.46. The Hall–Kier alpha value is -1.88. The van der Waals surface area contributed by atoms with E-state index in [1.165, 1.54) is 12.0 Å². The average molecular weight is 327 g/mol. The molecular weight excluding hydrogens is 306 g/mol. The van der Waals surface area contributed by atoms with Gasteiger partial charge in [0.05, 0.1) is 0 Å². The van der Waals surface area contributed by atoms with Crippen molar-refractivity contribution < 1.29 is 4.79 Å². The third-order valence-corrected chi connectivity index (χ3v) is 5.63. The van der Waals surface area contributed by atoms with Gasteiger partial charge in [-0.05, 0) is 30.4 Å². The van der Waals surface area contributed by atoms with Gasteiger partial charge in [0.25, 0.3) is 0 Å². The predicted molar refractivity (Wildman–Crippen MR) is 93.2 cm³/mol. The summed E-state index contributed by atoms with van der Waals surface area (Å²) in [5.74, 6) is 0.854. The molecule has 0 spiro atoms. The molecular formula is C18H21N3OS. The van der Waals surface area contributed by atoms with Gasteiger partial charge < -0.3 is 9.80 Å². The molecule has 1 fully saturated rings. The zero-order chi connectivity index (χ0) is 15.8. The maximum Gasteiger partial charge on any atom is 0.246 e. The molecule has 5 heteroatoms. The van der Waals surface area contributed by atoms with Gasteiger partial charge in [0.15, 0.2) is 5.13 Å². The third kappa shape index (κ3) is 2.63. The number of benzene rings is 1. The number of para-hydroxylation sites is 1. The van der Waals surface area contributed by atoms with E-state index in [0.717, 1.165) is 36.8 Å². The van der Waals surface area contributed by atoms with Gasteiger partial charge in [0.1, 0.15) is 6.04 Å². The average Bonchev–Trinajstić information content (AvgIpc) is 3.21. The van der Waals surface area contributed by atoms with Crippen LogP contribution in [0.2, 0.25) is 0 Å². The van der Waals surface area contributed by atoms with Crippen molar-refractivity contribution in [2.45, 2.75) is 32.2 Å². The highest BCUT2D eigenvalue weighted by Gasteiger charge is 2.39. The van der Waals surface area contributed by atoms with Gasteiger partial charge in [0.2, 0.25) is 5.91 Å². The van der Waals surface area contributed by atoms with E-state index in [9.17, 15) is 4.79 Å². The Morgan fingerprint density at radius 1 is 1.35 bits per heavy atom. The Labute approximate surface area is 140 Å². The quantitative estimate of drug-likeness (QED) is 0.847. The molecule has 3 heterocycles. The molecule has 0 saturated carbocycles. The number of hydrogen-bond donors (Lipinski definition) is 0. The fourth-order valence-electron chi connectivity index (χ4n) is 3.76. The first kappa shape index (κ1) is 14.7. The van der Waals surface area contributed by atoms with Crippen molar-refractivity contribution in [2.24, 2.45) is 5.92 Å². The summed E-state index contributed by atoms with van der Waals surface area (Å²) in [6.45, 7) is 4.01. The van der Waals surface area contributed by atoms with E-state index in [-0.39, 0.29) is 11.9 Å². The van der Waals surface area contributed by atoms with Crippen LogP contribution in [0.25, 0.3) is 0 Å². The topological polar surface area (TPSA) is 36.4 Å². The second kappa shape index (κ2) is 5.96. The molecule has 1 saturated heterocycles. The molecule has 4 nitrogen and oxygen atoms in total. The van der Waals surface area contributed by atoms with Crippen molar-refractivity contribution in [1.29, 1.82) is 0 Å². The fourth-order valence-corrected chi connectivity index (χ4v) is 4.46. The highest BCUT2D eigenvalue weighted by atomic mass is 32.1. The lowest BCUT2D eigenvalue weighted by atomic mass is 9.99. The van der Waals surface area contributed by atoms with Crippen molar-refractivity contribution in [2.75, 3.05) is 18.0 Å². The zero-order valence-electron chi connectivity index (χ0n) is 13.3. The standard InChI is InChI=1S/C18H21N3OS/c1-13-5-4-9-20(12-13)17(22)16-11-14-6-2-3-7-15(14)21(16)18-19-8-10-23-18/h2-3,6-8,10,13,16H,4-5,9,11-12H2,1H3. The molecule has 0 bridgehead atoms. The van der Waals surface area contributed by atoms with Crippen molar-refractivity contribution in [3.8, 4) is 0 Å². The van der Waals surface area contributed by atoms with Crippen molar-refractivity contribution in [3.05, 3.63) is 41.4 Å². The lowest BCUT2D eigenvalue weighted by molar-refractivity contribution is -0.134. The first-order chi connectivity index (χ1) is 11.2. The summed E-state index contributed by atoms with van der Waals surface area (Å²) in [4.78, 5) is 21.8. The molecule has 1 aromatic heterocycles. The van der Waals surface area contributed by atoms with Crippen LogP contribution in [-0.2, 0) is 11.2 Å². The molecule has 2 atom stereocenters. The van der Waals surface area contributed by atoms with E-state index in [1.54, 1.807) is 11.3 Å². The van der Waals surface area contributed by atoms with Gasteiger partial charge in [-0.3, -0.25) is 4.79 Å². The molecule has 0 aliphatic carbocycles. The second-order valence-corrected chi connectivity index (χ2v) is 7.44. The van der Waals surface area contributed by atoms with Crippen LogP contribution in [0.4, 0.5) is 10.8 Å². The van der Waals surface area contributed by atoms with Crippen LogP contribution in [0.15, 0.2) is 35.8 Å². The van der Waals surface area contributed by atoms with Crippen molar-refractivity contribution in [1.82, 2.24) is 9.88 Å². The molecule has 23 heavy (non-hydrogen) atoms. The molecule has 2 unspecified atom stereocenters. The van der Waals surface area contributed by atoms with Gasteiger partial charge in [-0.15, -0.1) is 11.3 Å². The minimum atomic E-state index is -0.149. The number of thiazole rings is 1. The van der Waals surface area contributed by atoms with E-state index in [4.69, 9.17) is 0 Å². The number of fused-ring (bicyclic) bond motifs is 1. The van der Waals surface area contributed by atoms with Gasteiger partial charge in [-0.1, -0.05) is 25.1 Å². The van der Waals surface area contributed by atoms with Crippen molar-refractivity contribution >= 4 is 28.1 Å². The van der Waals surface area contributed by atoms with E-state index < -0.39 is 0 Å². The molecule has 2 aliphatic heterocycles. The first-order valence-corrected chi connectivity index (χ1v) is 9.17. The molecule has 1 amide bonds. The lowest BCUT2D eigenvalue weighted by Gasteiger charge is -2.35. The number of anilines is 2. The molecule has 2 aromatic rings. The van der Waals surface area contributed by atoms with Crippen LogP contribution in [0, 0.1) is 5.92 Å². The third-order valence-electron chi connectivity index (χ3n) is 4.86. The molecule has 0 N–H and O–H groups in total. The van der Waals surface area contributed by atoms with Crippen LogP contribution < -0.4 is 4.90 Å². The fraction of sp³-hybridized carbons (Fsp3) is 0.444. The normalized spacial score (nSPS) is 23.9. The monoisotopic (exact) mass is 327 g/mol. The largest absolute Gasteiger partial charge is 0.341 e. The summed E-state index contributed by atoms with van der Waals surface area (Å²) >= 11 is 1.60. The van der Waals surface area contributed by atoms with E-state index in [0.29, 0.717) is 5.92 Å². The number of carbonyl (C=O) groups excluding carboxylic acids is 1. The number of hydrogen-bond acceptors (Lipinski definition) is 4. The summed E-state index contributed by atoms with van der Waals surface area (Å²) in [7, 11) is 0. The van der Waals surface area contributed by atoms with Crippen LogP contribution in [0.5, 0.6) is 0 Å². The van der Waals surface area contributed by atoms with Crippen LogP contribution in [0.1, 0.15) is 25.3 Å². The van der Waals surface area contributed by atoms with Gasteiger partial charge in [-0.2, -0.15) is 0 Å². The Morgan fingerprint density at radius 3 is 3.00 bits per heavy atom. The smallest absolute Gasteiger partial charge is 0.246 e. The number of piperidine rings is 1. The zero-order valence-corrected chi connectivity index (χ0v) is 14.1. The number of likely N-dealkylation sites (tertiary alicyclic amines) is 1. The Balaban J connectivity index is 1.66. The summed E-state index contributed by atoms with van der Waals surface area (Å²) in [5, 5.41) is 2.89. The molecule has 1 aromatic carbocycles. The van der Waals surface area contributed by atoms with E-state index >= 15 is 0 Å². The van der Waals surface area contributed by atoms with E-state index in [1.807, 2.05) is 17.6 Å². The lowest BCUT2D eigenvalue weighted by Crippen LogP contribution is -2.49. The molecule has 120 valence electrons. The number of nitrogens with zero attached hydrogens (tertiary/aromatic N) is 3. The van der Waals surface area contributed by atoms with Crippen LogP contribution >= 0.6 is 11.3 Å². The SMILES string of the molecule is CC1CCCN(C(=O)C2Cc3ccccc3N2c2nccs2)C1. The van der Waals surface area contributed by atoms with Crippen LogP contribution in [-0.4, -0.2) is 34.9 Å². The van der Waals surface area contributed by atoms with Gasteiger partial charge in [-0.25, -0.2) is 4.98 Å². The Kier molecular flexibility index (Phi) is 3.81. The Bertz CT molecular complexity index is 700. The minimum Gasteiger partial charge on any atom is -0.341 e. The number of rotatable bonds is 2. The number of amides is 1. The maximum absolute atomic E-state index is 13.2. The minimum absolute atomic E-state index is 0.149. The van der Waals surface area contributed by atoms with Crippen LogP contribution in [0.3, 0.4) is 0 Å². The number of carbonyl (C=O) groups is 1.